The molecule has 2 aromatic rings. The van der Waals surface area contributed by atoms with Crippen molar-refractivity contribution in [3.63, 3.8) is 0 Å². The SMILES string of the molecule is O=C(c1ccc2ccccc2n1)N1CCC(CO)CC1. The van der Waals surface area contributed by atoms with Gasteiger partial charge in [0.2, 0.25) is 0 Å². The Labute approximate surface area is 118 Å². The molecular formula is C16H18N2O2. The number of amides is 1. The van der Waals surface area contributed by atoms with Crippen LogP contribution >= 0.6 is 0 Å². The van der Waals surface area contributed by atoms with Gasteiger partial charge in [-0.2, -0.15) is 0 Å². The summed E-state index contributed by atoms with van der Waals surface area (Å²) < 4.78 is 0. The molecule has 1 N–H and O–H groups in total. The van der Waals surface area contributed by atoms with Gasteiger partial charge in [0.15, 0.2) is 0 Å². The molecule has 20 heavy (non-hydrogen) atoms. The summed E-state index contributed by atoms with van der Waals surface area (Å²) in [6, 6.07) is 11.5. The number of hydrogen-bond acceptors (Lipinski definition) is 3. The monoisotopic (exact) mass is 270 g/mol. The maximum atomic E-state index is 12.4. The average Bonchev–Trinajstić information content (AvgIpc) is 2.54. The Kier molecular flexibility index (Phi) is 3.65. The Morgan fingerprint density at radius 2 is 1.95 bits per heavy atom. The van der Waals surface area contributed by atoms with Crippen molar-refractivity contribution in [2.75, 3.05) is 19.7 Å². The molecule has 1 aromatic heterocycles. The van der Waals surface area contributed by atoms with E-state index >= 15 is 0 Å². The summed E-state index contributed by atoms with van der Waals surface area (Å²) in [5.74, 6) is 0.329. The second-order valence-corrected chi connectivity index (χ2v) is 5.31. The lowest BCUT2D eigenvalue weighted by atomic mass is 9.97. The standard InChI is InChI=1S/C16H18N2O2/c19-11-12-7-9-18(10-8-12)16(20)15-6-5-13-3-1-2-4-14(13)17-15/h1-6,12,19H,7-11H2. The molecule has 0 spiro atoms. The average molecular weight is 270 g/mol. The van der Waals surface area contributed by atoms with Crippen LogP contribution in [0.2, 0.25) is 0 Å². The molecule has 2 heterocycles. The molecule has 0 atom stereocenters. The van der Waals surface area contributed by atoms with Gasteiger partial charge in [0.05, 0.1) is 5.52 Å². The molecule has 1 fully saturated rings. The highest BCUT2D eigenvalue weighted by Gasteiger charge is 2.23. The van der Waals surface area contributed by atoms with Gasteiger partial charge in [-0.15, -0.1) is 0 Å². The number of likely N-dealkylation sites (tertiary alicyclic amines) is 1. The normalized spacial score (nSPS) is 16.6. The number of piperidine rings is 1. The number of carbonyl (C=O) groups excluding carboxylic acids is 1. The first-order chi connectivity index (χ1) is 9.78. The lowest BCUT2D eigenvalue weighted by Crippen LogP contribution is -2.39. The number of aromatic nitrogens is 1. The van der Waals surface area contributed by atoms with Crippen molar-refractivity contribution < 1.29 is 9.90 Å². The fraction of sp³-hybridized carbons (Fsp3) is 0.375. The van der Waals surface area contributed by atoms with E-state index in [0.717, 1.165) is 23.7 Å². The number of aliphatic hydroxyl groups is 1. The Bertz CT molecular complexity index is 619. The number of aliphatic hydroxyl groups excluding tert-OH is 1. The van der Waals surface area contributed by atoms with E-state index in [9.17, 15) is 4.79 Å². The van der Waals surface area contributed by atoms with Crippen LogP contribution in [0.25, 0.3) is 10.9 Å². The molecule has 0 saturated carbocycles. The van der Waals surface area contributed by atoms with Gasteiger partial charge in [0, 0.05) is 25.1 Å². The highest BCUT2D eigenvalue weighted by Crippen LogP contribution is 2.19. The van der Waals surface area contributed by atoms with Gasteiger partial charge in [-0.1, -0.05) is 24.3 Å². The fourth-order valence-electron chi connectivity index (χ4n) is 2.67. The molecule has 1 amide bonds. The van der Waals surface area contributed by atoms with E-state index in [0.29, 0.717) is 24.7 Å². The van der Waals surface area contributed by atoms with E-state index in [1.165, 1.54) is 0 Å². The van der Waals surface area contributed by atoms with Crippen LogP contribution in [-0.2, 0) is 0 Å². The molecule has 1 aliphatic heterocycles. The van der Waals surface area contributed by atoms with E-state index in [-0.39, 0.29) is 12.5 Å². The predicted octanol–water partition coefficient (Wildman–Crippen LogP) is 2.08. The number of para-hydroxylation sites is 1. The van der Waals surface area contributed by atoms with E-state index in [4.69, 9.17) is 5.11 Å². The summed E-state index contributed by atoms with van der Waals surface area (Å²) in [7, 11) is 0. The number of rotatable bonds is 2. The zero-order valence-corrected chi connectivity index (χ0v) is 11.3. The number of hydrogen-bond donors (Lipinski definition) is 1. The van der Waals surface area contributed by atoms with Crippen LogP contribution in [0.15, 0.2) is 36.4 Å². The van der Waals surface area contributed by atoms with Crippen molar-refractivity contribution in [2.24, 2.45) is 5.92 Å². The molecule has 1 saturated heterocycles. The van der Waals surface area contributed by atoms with Crippen LogP contribution in [0.3, 0.4) is 0 Å². The van der Waals surface area contributed by atoms with E-state index in [1.807, 2.05) is 35.2 Å². The molecule has 4 heteroatoms. The smallest absolute Gasteiger partial charge is 0.272 e. The lowest BCUT2D eigenvalue weighted by Gasteiger charge is -2.30. The number of benzene rings is 1. The van der Waals surface area contributed by atoms with Crippen molar-refractivity contribution >= 4 is 16.8 Å². The fourth-order valence-corrected chi connectivity index (χ4v) is 2.67. The molecular weight excluding hydrogens is 252 g/mol. The summed E-state index contributed by atoms with van der Waals surface area (Å²) in [5.41, 5.74) is 1.36. The van der Waals surface area contributed by atoms with Crippen LogP contribution < -0.4 is 0 Å². The summed E-state index contributed by atoms with van der Waals surface area (Å²) in [6.07, 6.45) is 1.74. The van der Waals surface area contributed by atoms with E-state index in [1.54, 1.807) is 6.07 Å². The minimum absolute atomic E-state index is 0.00728. The largest absolute Gasteiger partial charge is 0.396 e. The Hall–Kier alpha value is -1.94. The van der Waals surface area contributed by atoms with Gasteiger partial charge < -0.3 is 10.0 Å². The van der Waals surface area contributed by atoms with Crippen molar-refractivity contribution in [3.8, 4) is 0 Å². The Morgan fingerprint density at radius 1 is 1.20 bits per heavy atom. The molecule has 0 aliphatic carbocycles. The third kappa shape index (κ3) is 2.51. The van der Waals surface area contributed by atoms with E-state index < -0.39 is 0 Å². The highest BCUT2D eigenvalue weighted by atomic mass is 16.3. The van der Waals surface area contributed by atoms with Gasteiger partial charge in [-0.3, -0.25) is 4.79 Å². The molecule has 3 rings (SSSR count). The number of pyridine rings is 1. The zero-order chi connectivity index (χ0) is 13.9. The molecule has 1 aliphatic rings. The number of fused-ring (bicyclic) bond motifs is 1. The summed E-state index contributed by atoms with van der Waals surface area (Å²) >= 11 is 0. The third-order valence-electron chi connectivity index (χ3n) is 3.98. The second-order valence-electron chi connectivity index (χ2n) is 5.31. The van der Waals surface area contributed by atoms with Crippen LogP contribution in [0.4, 0.5) is 0 Å². The van der Waals surface area contributed by atoms with Crippen LogP contribution in [0.5, 0.6) is 0 Å². The van der Waals surface area contributed by atoms with Gasteiger partial charge in [-0.05, 0) is 30.9 Å². The number of nitrogens with zero attached hydrogens (tertiary/aromatic N) is 2. The first kappa shape index (κ1) is 13.1. The van der Waals surface area contributed by atoms with Gasteiger partial charge in [0.1, 0.15) is 5.69 Å². The molecule has 1 aromatic carbocycles. The molecule has 0 unspecified atom stereocenters. The second kappa shape index (κ2) is 5.59. The third-order valence-corrected chi connectivity index (χ3v) is 3.98. The van der Waals surface area contributed by atoms with Crippen molar-refractivity contribution in [1.82, 2.24) is 9.88 Å². The summed E-state index contributed by atoms with van der Waals surface area (Å²) in [4.78, 5) is 18.7. The first-order valence-electron chi connectivity index (χ1n) is 7.04. The van der Waals surface area contributed by atoms with Gasteiger partial charge >= 0.3 is 0 Å². The van der Waals surface area contributed by atoms with Gasteiger partial charge in [0.25, 0.3) is 5.91 Å². The first-order valence-corrected chi connectivity index (χ1v) is 7.04. The maximum Gasteiger partial charge on any atom is 0.272 e. The molecule has 104 valence electrons. The van der Waals surface area contributed by atoms with E-state index in [2.05, 4.69) is 4.98 Å². The quantitative estimate of drug-likeness (QED) is 0.909. The minimum atomic E-state index is -0.00728. The Morgan fingerprint density at radius 3 is 2.70 bits per heavy atom. The van der Waals surface area contributed by atoms with Crippen LogP contribution in [-0.4, -0.2) is 40.6 Å². The predicted molar refractivity (Wildman–Crippen MR) is 77.5 cm³/mol. The summed E-state index contributed by atoms with van der Waals surface area (Å²) in [5, 5.41) is 10.2. The zero-order valence-electron chi connectivity index (χ0n) is 11.3. The van der Waals surface area contributed by atoms with Gasteiger partial charge in [-0.25, -0.2) is 4.98 Å². The topological polar surface area (TPSA) is 53.4 Å². The highest BCUT2D eigenvalue weighted by molar-refractivity contribution is 5.94. The lowest BCUT2D eigenvalue weighted by molar-refractivity contribution is 0.0645. The molecule has 4 nitrogen and oxygen atoms in total. The number of carbonyl (C=O) groups is 1. The van der Waals surface area contributed by atoms with Crippen LogP contribution in [0, 0.1) is 5.92 Å². The van der Waals surface area contributed by atoms with Crippen molar-refractivity contribution in [1.29, 1.82) is 0 Å². The maximum absolute atomic E-state index is 12.4. The molecule has 0 radical (unpaired) electrons. The van der Waals surface area contributed by atoms with Crippen molar-refractivity contribution in [2.45, 2.75) is 12.8 Å². The molecule has 0 bridgehead atoms. The Balaban J connectivity index is 1.79. The minimum Gasteiger partial charge on any atom is -0.396 e. The van der Waals surface area contributed by atoms with Crippen molar-refractivity contribution in [3.05, 3.63) is 42.1 Å². The summed E-state index contributed by atoms with van der Waals surface area (Å²) in [6.45, 7) is 1.63. The van der Waals surface area contributed by atoms with Crippen LogP contribution in [0.1, 0.15) is 23.3 Å².